The van der Waals surface area contributed by atoms with Crippen molar-refractivity contribution in [2.24, 2.45) is 5.92 Å². The van der Waals surface area contributed by atoms with Crippen LogP contribution in [0.15, 0.2) is 52.9 Å². The molecule has 3 amide bonds. The molecule has 3 aromatic rings. The summed E-state index contributed by atoms with van der Waals surface area (Å²) < 4.78 is 19.4. The van der Waals surface area contributed by atoms with E-state index in [-0.39, 0.29) is 29.7 Å². The van der Waals surface area contributed by atoms with Gasteiger partial charge < -0.3 is 20.0 Å². The lowest BCUT2D eigenvalue weighted by Gasteiger charge is -2.32. The summed E-state index contributed by atoms with van der Waals surface area (Å²) in [6.07, 6.45) is 1.26. The standard InChI is InChI=1S/C25H28FN3O3/c1-16-21-14-20(26)8-9-22(21)32-23(16)17(2)28-25(31)29-12-10-19(11-13-29)24(30)27-15-18-6-4-3-5-7-18/h3-9,14,17,19H,10-13,15H2,1-2H3,(H,27,30)(H,28,31). The van der Waals surface area contributed by atoms with Crippen molar-refractivity contribution >= 4 is 22.9 Å². The molecule has 32 heavy (non-hydrogen) atoms. The van der Waals surface area contributed by atoms with E-state index in [0.29, 0.717) is 49.2 Å². The molecular weight excluding hydrogens is 409 g/mol. The summed E-state index contributed by atoms with van der Waals surface area (Å²) in [4.78, 5) is 27.0. The molecule has 1 atom stereocenters. The number of carbonyl (C=O) groups excluding carboxylic acids is 2. The Morgan fingerprint density at radius 1 is 1.16 bits per heavy atom. The number of nitrogens with one attached hydrogen (secondary N) is 2. The van der Waals surface area contributed by atoms with Gasteiger partial charge in [0, 0.05) is 36.5 Å². The molecule has 1 saturated heterocycles. The SMILES string of the molecule is Cc1c(C(C)NC(=O)N2CCC(C(=O)NCc3ccccc3)CC2)oc2ccc(F)cc12. The van der Waals surface area contributed by atoms with Gasteiger partial charge >= 0.3 is 6.03 Å². The average Bonchev–Trinajstić information content (AvgIpc) is 3.14. The Kier molecular flexibility index (Phi) is 6.44. The van der Waals surface area contributed by atoms with Gasteiger partial charge in [-0.15, -0.1) is 0 Å². The van der Waals surface area contributed by atoms with Crippen molar-refractivity contribution in [2.45, 2.75) is 39.3 Å². The molecule has 1 aliphatic heterocycles. The number of fused-ring (bicyclic) bond motifs is 1. The summed E-state index contributed by atoms with van der Waals surface area (Å²) in [5.41, 5.74) is 2.48. The lowest BCUT2D eigenvalue weighted by atomic mass is 9.96. The van der Waals surface area contributed by atoms with Gasteiger partial charge in [0.1, 0.15) is 17.2 Å². The number of urea groups is 1. The molecule has 6 nitrogen and oxygen atoms in total. The van der Waals surface area contributed by atoms with Gasteiger partial charge in [0.15, 0.2) is 0 Å². The van der Waals surface area contributed by atoms with E-state index >= 15 is 0 Å². The second-order valence-corrected chi connectivity index (χ2v) is 8.37. The number of aryl methyl sites for hydroxylation is 1. The minimum atomic E-state index is -0.357. The van der Waals surface area contributed by atoms with Gasteiger partial charge in [0.25, 0.3) is 0 Å². The van der Waals surface area contributed by atoms with Gasteiger partial charge in [0.05, 0.1) is 6.04 Å². The van der Waals surface area contributed by atoms with Crippen LogP contribution in [0.1, 0.15) is 42.7 Å². The molecule has 1 aliphatic rings. The Hall–Kier alpha value is -3.35. The zero-order valence-electron chi connectivity index (χ0n) is 18.4. The number of likely N-dealkylation sites (tertiary alicyclic amines) is 1. The van der Waals surface area contributed by atoms with E-state index in [1.54, 1.807) is 11.0 Å². The highest BCUT2D eigenvalue weighted by Crippen LogP contribution is 2.30. The van der Waals surface area contributed by atoms with Gasteiger partial charge in [-0.1, -0.05) is 30.3 Å². The first-order valence-corrected chi connectivity index (χ1v) is 11.0. The summed E-state index contributed by atoms with van der Waals surface area (Å²) in [5, 5.41) is 6.68. The molecule has 168 valence electrons. The van der Waals surface area contributed by atoms with Crippen molar-refractivity contribution < 1.29 is 18.4 Å². The fourth-order valence-electron chi connectivity index (χ4n) is 4.24. The quantitative estimate of drug-likeness (QED) is 0.609. The summed E-state index contributed by atoms with van der Waals surface area (Å²) in [7, 11) is 0. The number of piperidine rings is 1. The number of nitrogens with zero attached hydrogens (tertiary/aromatic N) is 1. The first-order valence-electron chi connectivity index (χ1n) is 11.0. The first-order chi connectivity index (χ1) is 15.4. The van der Waals surface area contributed by atoms with E-state index in [2.05, 4.69) is 10.6 Å². The predicted octanol–water partition coefficient (Wildman–Crippen LogP) is 4.68. The topological polar surface area (TPSA) is 74.6 Å². The number of amides is 3. The smallest absolute Gasteiger partial charge is 0.317 e. The van der Waals surface area contributed by atoms with Crippen LogP contribution in [-0.2, 0) is 11.3 Å². The number of rotatable bonds is 5. The maximum Gasteiger partial charge on any atom is 0.317 e. The van der Waals surface area contributed by atoms with Crippen molar-refractivity contribution in [3.63, 3.8) is 0 Å². The van der Waals surface area contributed by atoms with Crippen molar-refractivity contribution in [3.05, 3.63) is 71.2 Å². The third-order valence-electron chi connectivity index (χ3n) is 6.13. The van der Waals surface area contributed by atoms with Crippen LogP contribution in [0.5, 0.6) is 0 Å². The van der Waals surface area contributed by atoms with Crippen LogP contribution in [0.4, 0.5) is 9.18 Å². The maximum atomic E-state index is 13.6. The van der Waals surface area contributed by atoms with Gasteiger partial charge in [-0.05, 0) is 50.5 Å². The second-order valence-electron chi connectivity index (χ2n) is 8.37. The van der Waals surface area contributed by atoms with Crippen molar-refractivity contribution in [2.75, 3.05) is 13.1 Å². The lowest BCUT2D eigenvalue weighted by Crippen LogP contribution is -2.47. The molecule has 1 fully saturated rings. The van der Waals surface area contributed by atoms with Crippen LogP contribution in [0.2, 0.25) is 0 Å². The monoisotopic (exact) mass is 437 g/mol. The lowest BCUT2D eigenvalue weighted by molar-refractivity contribution is -0.126. The molecule has 2 heterocycles. The van der Waals surface area contributed by atoms with Crippen molar-refractivity contribution in [1.82, 2.24) is 15.5 Å². The van der Waals surface area contributed by atoms with Crippen molar-refractivity contribution in [3.8, 4) is 0 Å². The molecule has 4 rings (SSSR count). The highest BCUT2D eigenvalue weighted by molar-refractivity contribution is 5.83. The van der Waals surface area contributed by atoms with Crippen LogP contribution >= 0.6 is 0 Å². The molecule has 0 saturated carbocycles. The molecular formula is C25H28FN3O3. The fourth-order valence-corrected chi connectivity index (χ4v) is 4.24. The van der Waals surface area contributed by atoms with E-state index in [9.17, 15) is 14.0 Å². The highest BCUT2D eigenvalue weighted by Gasteiger charge is 2.28. The Bertz CT molecular complexity index is 1100. The Balaban J connectivity index is 1.29. The van der Waals surface area contributed by atoms with Gasteiger partial charge in [-0.2, -0.15) is 0 Å². The van der Waals surface area contributed by atoms with Gasteiger partial charge in [-0.3, -0.25) is 4.79 Å². The molecule has 2 N–H and O–H groups in total. The zero-order chi connectivity index (χ0) is 22.7. The first kappa shape index (κ1) is 21.9. The predicted molar refractivity (Wildman–Crippen MR) is 120 cm³/mol. The molecule has 0 radical (unpaired) electrons. The molecule has 1 unspecified atom stereocenters. The van der Waals surface area contributed by atoms with Crippen LogP contribution in [0.25, 0.3) is 11.0 Å². The van der Waals surface area contributed by atoms with Crippen molar-refractivity contribution in [1.29, 1.82) is 0 Å². The van der Waals surface area contributed by atoms with E-state index in [0.717, 1.165) is 11.1 Å². The van der Waals surface area contributed by atoms with E-state index in [4.69, 9.17) is 4.42 Å². The fraction of sp³-hybridized carbons (Fsp3) is 0.360. The van der Waals surface area contributed by atoms with E-state index < -0.39 is 0 Å². The maximum absolute atomic E-state index is 13.6. The van der Waals surface area contributed by atoms with Gasteiger partial charge in [0.2, 0.25) is 5.91 Å². The number of benzene rings is 2. The Morgan fingerprint density at radius 3 is 2.59 bits per heavy atom. The van der Waals surface area contributed by atoms with E-state index in [1.165, 1.54) is 12.1 Å². The third kappa shape index (κ3) is 4.77. The van der Waals surface area contributed by atoms with E-state index in [1.807, 2.05) is 44.2 Å². The number of halogens is 1. The molecule has 2 aromatic carbocycles. The number of hydrogen-bond acceptors (Lipinski definition) is 3. The Labute approximate surface area is 186 Å². The largest absolute Gasteiger partial charge is 0.459 e. The molecule has 7 heteroatoms. The summed E-state index contributed by atoms with van der Waals surface area (Å²) in [5.74, 6) is 0.245. The minimum Gasteiger partial charge on any atom is -0.459 e. The normalized spacial score (nSPS) is 15.5. The number of carbonyl (C=O) groups is 2. The molecule has 0 spiro atoms. The second kappa shape index (κ2) is 9.42. The Morgan fingerprint density at radius 2 is 1.88 bits per heavy atom. The molecule has 0 aliphatic carbocycles. The summed E-state index contributed by atoms with van der Waals surface area (Å²) >= 11 is 0. The number of furan rings is 1. The highest BCUT2D eigenvalue weighted by atomic mass is 19.1. The van der Waals surface area contributed by atoms with Gasteiger partial charge in [-0.25, -0.2) is 9.18 Å². The average molecular weight is 438 g/mol. The van der Waals surface area contributed by atoms with Crippen LogP contribution in [0, 0.1) is 18.7 Å². The third-order valence-corrected chi connectivity index (χ3v) is 6.13. The molecule has 1 aromatic heterocycles. The summed E-state index contributed by atoms with van der Waals surface area (Å²) in [6, 6.07) is 13.7. The zero-order valence-corrected chi connectivity index (χ0v) is 18.4. The van der Waals surface area contributed by atoms with Crippen LogP contribution in [-0.4, -0.2) is 29.9 Å². The number of hydrogen-bond donors (Lipinski definition) is 2. The summed E-state index contributed by atoms with van der Waals surface area (Å²) in [6.45, 7) is 5.27. The molecule has 0 bridgehead atoms. The minimum absolute atomic E-state index is 0.0346. The van der Waals surface area contributed by atoms with Crippen LogP contribution in [0.3, 0.4) is 0 Å². The van der Waals surface area contributed by atoms with Crippen LogP contribution < -0.4 is 10.6 Å².